The lowest BCUT2D eigenvalue weighted by atomic mass is 10.1. The van der Waals surface area contributed by atoms with Crippen molar-refractivity contribution in [3.63, 3.8) is 0 Å². The SMILES string of the molecule is Cc1cc(C)cc(Nc2nccc(Sc3ccc(NC(=O)CC#N)cc3)n2)c1. The number of aryl methyl sites for hydroxylation is 2. The third-order valence-electron chi connectivity index (χ3n) is 3.71. The zero-order chi connectivity index (χ0) is 19.9. The minimum atomic E-state index is -0.319. The normalized spacial score (nSPS) is 10.2. The number of amides is 1. The summed E-state index contributed by atoms with van der Waals surface area (Å²) >= 11 is 1.50. The van der Waals surface area contributed by atoms with Crippen molar-refractivity contribution in [2.24, 2.45) is 0 Å². The van der Waals surface area contributed by atoms with Crippen LogP contribution in [-0.2, 0) is 4.79 Å². The van der Waals surface area contributed by atoms with E-state index in [0.717, 1.165) is 15.6 Å². The molecule has 0 aliphatic rings. The van der Waals surface area contributed by atoms with Gasteiger partial charge in [-0.2, -0.15) is 5.26 Å². The van der Waals surface area contributed by atoms with Gasteiger partial charge in [-0.05, 0) is 67.4 Å². The predicted octanol–water partition coefficient (Wildman–Crippen LogP) is 4.84. The summed E-state index contributed by atoms with van der Waals surface area (Å²) in [6.07, 6.45) is 1.56. The Morgan fingerprint density at radius 3 is 2.46 bits per heavy atom. The molecule has 28 heavy (non-hydrogen) atoms. The van der Waals surface area contributed by atoms with Crippen LogP contribution in [0.4, 0.5) is 17.3 Å². The molecule has 0 bridgehead atoms. The van der Waals surface area contributed by atoms with E-state index >= 15 is 0 Å². The second kappa shape index (κ2) is 9.02. The van der Waals surface area contributed by atoms with Crippen molar-refractivity contribution in [3.05, 3.63) is 65.9 Å². The van der Waals surface area contributed by atoms with Gasteiger partial charge in [0.2, 0.25) is 11.9 Å². The lowest BCUT2D eigenvalue weighted by Gasteiger charge is -2.09. The Morgan fingerprint density at radius 2 is 1.79 bits per heavy atom. The summed E-state index contributed by atoms with van der Waals surface area (Å²) in [5, 5.41) is 15.3. The van der Waals surface area contributed by atoms with Gasteiger partial charge in [-0.1, -0.05) is 17.8 Å². The molecule has 0 aliphatic heterocycles. The number of carbonyl (C=O) groups excluding carboxylic acids is 1. The van der Waals surface area contributed by atoms with Crippen molar-refractivity contribution in [2.75, 3.05) is 10.6 Å². The van der Waals surface area contributed by atoms with Gasteiger partial charge in [0.05, 0.1) is 6.07 Å². The van der Waals surface area contributed by atoms with E-state index in [1.54, 1.807) is 18.3 Å². The van der Waals surface area contributed by atoms with Crippen molar-refractivity contribution >= 4 is 35.0 Å². The maximum absolute atomic E-state index is 11.5. The Balaban J connectivity index is 1.67. The molecule has 3 aromatic rings. The Kier molecular flexibility index (Phi) is 6.25. The smallest absolute Gasteiger partial charge is 0.238 e. The van der Waals surface area contributed by atoms with Crippen LogP contribution in [0.25, 0.3) is 0 Å². The number of aromatic nitrogens is 2. The van der Waals surface area contributed by atoms with Gasteiger partial charge in [0.25, 0.3) is 0 Å². The molecule has 6 nitrogen and oxygen atoms in total. The highest BCUT2D eigenvalue weighted by molar-refractivity contribution is 7.99. The first kappa shape index (κ1) is 19.4. The van der Waals surface area contributed by atoms with Crippen LogP contribution in [0.15, 0.2) is 64.6 Å². The fourth-order valence-corrected chi connectivity index (χ4v) is 3.41. The number of nitrogens with zero attached hydrogens (tertiary/aromatic N) is 3. The molecule has 0 spiro atoms. The summed E-state index contributed by atoms with van der Waals surface area (Å²) in [4.78, 5) is 21.3. The van der Waals surface area contributed by atoms with Crippen LogP contribution in [0.2, 0.25) is 0 Å². The van der Waals surface area contributed by atoms with Gasteiger partial charge in [-0.3, -0.25) is 4.79 Å². The van der Waals surface area contributed by atoms with E-state index in [1.165, 1.54) is 22.9 Å². The molecule has 7 heteroatoms. The average Bonchev–Trinajstić information content (AvgIpc) is 2.63. The topological polar surface area (TPSA) is 90.7 Å². The number of anilines is 3. The number of hydrogen-bond donors (Lipinski definition) is 2. The minimum absolute atomic E-state index is 0.159. The van der Waals surface area contributed by atoms with Gasteiger partial charge in [0.15, 0.2) is 0 Å². The number of hydrogen-bond acceptors (Lipinski definition) is 6. The summed E-state index contributed by atoms with van der Waals surface area (Å²) in [7, 11) is 0. The molecule has 1 amide bonds. The van der Waals surface area contributed by atoms with Crippen molar-refractivity contribution in [1.29, 1.82) is 5.26 Å². The maximum atomic E-state index is 11.5. The monoisotopic (exact) mass is 389 g/mol. The number of nitriles is 1. The van der Waals surface area contributed by atoms with Gasteiger partial charge < -0.3 is 10.6 Å². The number of benzene rings is 2. The quantitative estimate of drug-likeness (QED) is 0.586. The van der Waals surface area contributed by atoms with Crippen LogP contribution >= 0.6 is 11.8 Å². The average molecular weight is 389 g/mol. The molecular weight excluding hydrogens is 370 g/mol. The summed E-state index contributed by atoms with van der Waals surface area (Å²) < 4.78 is 0. The molecule has 2 N–H and O–H groups in total. The fraction of sp³-hybridized carbons (Fsp3) is 0.143. The highest BCUT2D eigenvalue weighted by Crippen LogP contribution is 2.28. The molecule has 2 aromatic carbocycles. The fourth-order valence-electron chi connectivity index (χ4n) is 2.64. The number of nitrogens with one attached hydrogen (secondary N) is 2. The second-order valence-electron chi connectivity index (χ2n) is 6.23. The predicted molar refractivity (Wildman–Crippen MR) is 111 cm³/mol. The van der Waals surface area contributed by atoms with Crippen LogP contribution in [-0.4, -0.2) is 15.9 Å². The first-order valence-electron chi connectivity index (χ1n) is 8.65. The first-order valence-corrected chi connectivity index (χ1v) is 9.46. The summed E-state index contributed by atoms with van der Waals surface area (Å²) in [5.74, 6) is 0.219. The Bertz CT molecular complexity index is 1010. The van der Waals surface area contributed by atoms with Gasteiger partial charge in [0, 0.05) is 22.5 Å². The molecule has 140 valence electrons. The van der Waals surface area contributed by atoms with E-state index in [0.29, 0.717) is 11.6 Å². The standard InChI is InChI=1S/C21H19N5OS/c1-14-11-15(2)13-17(12-14)25-21-23-10-8-20(26-21)28-18-5-3-16(4-6-18)24-19(27)7-9-22/h3-6,8,10-13H,7H2,1-2H3,(H,24,27)(H,23,25,26). The van der Waals surface area contributed by atoms with Crippen LogP contribution in [0.1, 0.15) is 17.5 Å². The van der Waals surface area contributed by atoms with Crippen molar-refractivity contribution < 1.29 is 4.79 Å². The van der Waals surface area contributed by atoms with Crippen LogP contribution in [0.5, 0.6) is 0 Å². The Morgan fingerprint density at radius 1 is 1.07 bits per heavy atom. The van der Waals surface area contributed by atoms with Crippen molar-refractivity contribution in [1.82, 2.24) is 9.97 Å². The third kappa shape index (κ3) is 5.56. The summed E-state index contributed by atoms with van der Waals surface area (Å²) in [6, 6.07) is 17.3. The molecule has 0 aliphatic carbocycles. The molecular formula is C21H19N5OS. The van der Waals surface area contributed by atoms with Crippen LogP contribution in [0, 0.1) is 25.2 Å². The zero-order valence-corrected chi connectivity index (χ0v) is 16.4. The highest BCUT2D eigenvalue weighted by Gasteiger charge is 2.05. The van der Waals surface area contributed by atoms with Gasteiger partial charge in [-0.15, -0.1) is 0 Å². The number of carbonyl (C=O) groups is 1. The van der Waals surface area contributed by atoms with E-state index in [1.807, 2.05) is 24.3 Å². The molecule has 0 radical (unpaired) electrons. The lowest BCUT2D eigenvalue weighted by Crippen LogP contribution is -2.09. The van der Waals surface area contributed by atoms with E-state index in [4.69, 9.17) is 5.26 Å². The molecule has 0 saturated carbocycles. The molecule has 1 aromatic heterocycles. The summed E-state index contributed by atoms with van der Waals surface area (Å²) in [6.45, 7) is 4.11. The zero-order valence-electron chi connectivity index (χ0n) is 15.6. The van der Waals surface area contributed by atoms with Gasteiger partial charge >= 0.3 is 0 Å². The van der Waals surface area contributed by atoms with E-state index in [-0.39, 0.29) is 12.3 Å². The maximum Gasteiger partial charge on any atom is 0.238 e. The molecule has 0 atom stereocenters. The molecule has 3 rings (SSSR count). The van der Waals surface area contributed by atoms with E-state index in [9.17, 15) is 4.79 Å². The van der Waals surface area contributed by atoms with Gasteiger partial charge in [0.1, 0.15) is 11.4 Å². The minimum Gasteiger partial charge on any atom is -0.325 e. The van der Waals surface area contributed by atoms with Crippen molar-refractivity contribution in [3.8, 4) is 6.07 Å². The molecule has 1 heterocycles. The van der Waals surface area contributed by atoms with E-state index in [2.05, 4.69) is 52.6 Å². The molecule has 0 saturated heterocycles. The summed E-state index contributed by atoms with van der Waals surface area (Å²) in [5.41, 5.74) is 3.96. The Hall–Kier alpha value is -3.37. The molecule has 0 unspecified atom stereocenters. The first-order chi connectivity index (χ1) is 13.5. The second-order valence-corrected chi connectivity index (χ2v) is 7.32. The van der Waals surface area contributed by atoms with Gasteiger partial charge in [-0.25, -0.2) is 9.97 Å². The largest absolute Gasteiger partial charge is 0.325 e. The Labute approximate surface area is 168 Å². The third-order valence-corrected chi connectivity index (χ3v) is 4.65. The number of rotatable bonds is 6. The van der Waals surface area contributed by atoms with Crippen LogP contribution < -0.4 is 10.6 Å². The van der Waals surface area contributed by atoms with Crippen LogP contribution in [0.3, 0.4) is 0 Å². The highest BCUT2D eigenvalue weighted by atomic mass is 32.2. The van der Waals surface area contributed by atoms with E-state index < -0.39 is 0 Å². The van der Waals surface area contributed by atoms with Crippen molar-refractivity contribution in [2.45, 2.75) is 30.2 Å². The molecule has 0 fully saturated rings. The lowest BCUT2D eigenvalue weighted by molar-refractivity contribution is -0.115.